The average Bonchev–Trinajstić information content (AvgIpc) is 3.59. The lowest BCUT2D eigenvalue weighted by molar-refractivity contribution is -0.149. The Morgan fingerprint density at radius 1 is 0.909 bits per heavy atom. The molecule has 0 saturated heterocycles. The molecule has 1 aliphatic rings. The minimum atomic E-state index is -0.471. The van der Waals surface area contributed by atoms with Gasteiger partial charge in [0.05, 0.1) is 13.2 Å². The van der Waals surface area contributed by atoms with Crippen molar-refractivity contribution in [1.82, 2.24) is 0 Å². The first-order valence-corrected chi connectivity index (χ1v) is 13.6. The maximum atomic E-state index is 11.9. The van der Waals surface area contributed by atoms with Gasteiger partial charge in [-0.3, -0.25) is 4.79 Å². The van der Waals surface area contributed by atoms with Crippen molar-refractivity contribution in [3.8, 4) is 0 Å². The number of ether oxygens (including phenoxy) is 2. The summed E-state index contributed by atoms with van der Waals surface area (Å²) in [5.74, 6) is 1.92. The van der Waals surface area contributed by atoms with Gasteiger partial charge < -0.3 is 14.6 Å². The summed E-state index contributed by atoms with van der Waals surface area (Å²) in [6.07, 6.45) is 18.6. The first-order chi connectivity index (χ1) is 16.2. The molecule has 0 spiro atoms. The number of aliphatic hydroxyl groups excluding tert-OH is 1. The second-order valence-electron chi connectivity index (χ2n) is 9.90. The van der Waals surface area contributed by atoms with Gasteiger partial charge in [-0.2, -0.15) is 0 Å². The number of carbonyl (C=O) groups excluding carboxylic acids is 1. The molecule has 1 fully saturated rings. The molecule has 4 heteroatoms. The van der Waals surface area contributed by atoms with E-state index in [-0.39, 0.29) is 19.2 Å². The highest BCUT2D eigenvalue weighted by molar-refractivity contribution is 5.69. The second kappa shape index (κ2) is 18.0. The van der Waals surface area contributed by atoms with Gasteiger partial charge in [0.1, 0.15) is 12.7 Å². The van der Waals surface area contributed by atoms with Gasteiger partial charge >= 0.3 is 5.97 Å². The summed E-state index contributed by atoms with van der Waals surface area (Å²) in [4.78, 5) is 11.9. The van der Waals surface area contributed by atoms with E-state index in [2.05, 4.69) is 6.92 Å². The summed E-state index contributed by atoms with van der Waals surface area (Å²) in [6.45, 7) is 2.65. The van der Waals surface area contributed by atoms with Gasteiger partial charge in [0.15, 0.2) is 0 Å². The van der Waals surface area contributed by atoms with Crippen molar-refractivity contribution in [2.75, 3.05) is 13.2 Å². The number of aliphatic hydroxyl groups is 1. The first-order valence-electron chi connectivity index (χ1n) is 13.6. The van der Waals surface area contributed by atoms with Gasteiger partial charge in [-0.1, -0.05) is 114 Å². The molecule has 1 aromatic rings. The van der Waals surface area contributed by atoms with E-state index in [1.165, 1.54) is 77.0 Å². The molecule has 0 amide bonds. The molecule has 3 atom stereocenters. The fraction of sp³-hybridized carbons (Fsp3) is 0.759. The summed E-state index contributed by atoms with van der Waals surface area (Å²) in [6, 6.07) is 9.80. The normalized spacial score (nSPS) is 18.2. The Morgan fingerprint density at radius 2 is 1.52 bits per heavy atom. The molecule has 0 radical (unpaired) electrons. The van der Waals surface area contributed by atoms with E-state index in [0.717, 1.165) is 30.2 Å². The van der Waals surface area contributed by atoms with Crippen molar-refractivity contribution in [2.24, 2.45) is 11.8 Å². The third-order valence-electron chi connectivity index (χ3n) is 6.92. The molecule has 4 nitrogen and oxygen atoms in total. The van der Waals surface area contributed by atoms with Crippen molar-refractivity contribution in [3.63, 3.8) is 0 Å². The number of hydrogen-bond acceptors (Lipinski definition) is 4. The Labute approximate surface area is 202 Å². The minimum Gasteiger partial charge on any atom is -0.463 e. The van der Waals surface area contributed by atoms with Crippen molar-refractivity contribution < 1.29 is 19.4 Å². The summed E-state index contributed by atoms with van der Waals surface area (Å²) in [5.41, 5.74) is 1.04. The van der Waals surface area contributed by atoms with Crippen molar-refractivity contribution in [3.05, 3.63) is 35.9 Å². The first kappa shape index (κ1) is 27.9. The van der Waals surface area contributed by atoms with Crippen LogP contribution in [0.25, 0.3) is 0 Å². The number of hydrogen-bond donors (Lipinski definition) is 1. The SMILES string of the molecule is CCCCCC[C@@H]1C[C@@H]1CCCCCCCCCC(=O)OC[C@H](CO)OCc1ccccc1. The molecule has 33 heavy (non-hydrogen) atoms. The quantitative estimate of drug-likeness (QED) is 0.155. The van der Waals surface area contributed by atoms with Crippen LogP contribution in [0.2, 0.25) is 0 Å². The number of benzene rings is 1. The Hall–Kier alpha value is -1.39. The average molecular weight is 461 g/mol. The standard InChI is InChI=1S/C29H48O4/c1-2-3-4-13-18-26-21-27(26)19-14-8-6-5-7-9-15-20-29(31)33-24-28(22-30)32-23-25-16-11-10-12-17-25/h10-12,16-17,26-28,30H,2-9,13-15,18-24H2,1H3/t26-,27+,28+/m1/s1. The lowest BCUT2D eigenvalue weighted by atomic mass is 10.0. The van der Waals surface area contributed by atoms with Gasteiger partial charge in [0.2, 0.25) is 0 Å². The number of carbonyl (C=O) groups is 1. The molecule has 1 saturated carbocycles. The molecule has 0 aromatic heterocycles. The van der Waals surface area contributed by atoms with Crippen LogP contribution in [0.5, 0.6) is 0 Å². The zero-order valence-corrected chi connectivity index (χ0v) is 21.0. The Morgan fingerprint density at radius 3 is 2.15 bits per heavy atom. The molecule has 0 heterocycles. The third kappa shape index (κ3) is 13.8. The summed E-state index contributed by atoms with van der Waals surface area (Å²) < 4.78 is 10.9. The molecule has 0 unspecified atom stereocenters. The minimum absolute atomic E-state index is 0.114. The van der Waals surface area contributed by atoms with Crippen LogP contribution in [0.3, 0.4) is 0 Å². The molecular weight excluding hydrogens is 412 g/mol. The topological polar surface area (TPSA) is 55.8 Å². The highest BCUT2D eigenvalue weighted by Gasteiger charge is 2.34. The van der Waals surface area contributed by atoms with Crippen LogP contribution in [0.1, 0.15) is 109 Å². The van der Waals surface area contributed by atoms with Crippen LogP contribution < -0.4 is 0 Å². The molecule has 0 aliphatic heterocycles. The fourth-order valence-corrected chi connectivity index (χ4v) is 4.61. The van der Waals surface area contributed by atoms with Crippen LogP contribution in [-0.2, 0) is 20.9 Å². The molecule has 1 aromatic carbocycles. The van der Waals surface area contributed by atoms with E-state index in [4.69, 9.17) is 9.47 Å². The third-order valence-corrected chi connectivity index (χ3v) is 6.92. The molecule has 1 N–H and O–H groups in total. The zero-order chi connectivity index (χ0) is 23.6. The number of unbranched alkanes of at least 4 members (excludes halogenated alkanes) is 9. The van der Waals surface area contributed by atoms with Crippen LogP contribution in [0.15, 0.2) is 30.3 Å². The van der Waals surface area contributed by atoms with Crippen LogP contribution >= 0.6 is 0 Å². The largest absolute Gasteiger partial charge is 0.463 e. The van der Waals surface area contributed by atoms with Crippen LogP contribution in [0.4, 0.5) is 0 Å². The molecule has 188 valence electrons. The Balaban J connectivity index is 1.35. The fourth-order valence-electron chi connectivity index (χ4n) is 4.61. The van der Waals surface area contributed by atoms with Gasteiger partial charge in [0.25, 0.3) is 0 Å². The monoisotopic (exact) mass is 460 g/mol. The maximum absolute atomic E-state index is 11.9. The van der Waals surface area contributed by atoms with Crippen molar-refractivity contribution in [1.29, 1.82) is 0 Å². The molecule has 0 bridgehead atoms. The van der Waals surface area contributed by atoms with Crippen molar-refractivity contribution >= 4 is 5.97 Å². The predicted octanol–water partition coefficient (Wildman–Crippen LogP) is 7.22. The Kier molecular flexibility index (Phi) is 15.2. The molecule has 2 rings (SSSR count). The van der Waals surface area contributed by atoms with Gasteiger partial charge in [-0.25, -0.2) is 0 Å². The van der Waals surface area contributed by atoms with Gasteiger partial charge in [0, 0.05) is 6.42 Å². The highest BCUT2D eigenvalue weighted by atomic mass is 16.6. The van der Waals surface area contributed by atoms with E-state index >= 15 is 0 Å². The van der Waals surface area contributed by atoms with Gasteiger partial charge in [-0.05, 0) is 30.2 Å². The Bertz CT molecular complexity index is 603. The van der Waals surface area contributed by atoms with Crippen LogP contribution in [0, 0.1) is 11.8 Å². The zero-order valence-electron chi connectivity index (χ0n) is 21.0. The number of rotatable bonds is 21. The van der Waals surface area contributed by atoms with E-state index in [1.807, 2.05) is 30.3 Å². The van der Waals surface area contributed by atoms with E-state index in [1.54, 1.807) is 0 Å². The smallest absolute Gasteiger partial charge is 0.305 e. The van der Waals surface area contributed by atoms with Crippen molar-refractivity contribution in [2.45, 2.75) is 116 Å². The lowest BCUT2D eigenvalue weighted by Crippen LogP contribution is -2.25. The lowest BCUT2D eigenvalue weighted by Gasteiger charge is -2.15. The predicted molar refractivity (Wildman–Crippen MR) is 135 cm³/mol. The summed E-state index contributed by atoms with van der Waals surface area (Å²) >= 11 is 0. The maximum Gasteiger partial charge on any atom is 0.305 e. The number of esters is 1. The summed E-state index contributed by atoms with van der Waals surface area (Å²) in [5, 5.41) is 9.43. The highest BCUT2D eigenvalue weighted by Crippen LogP contribution is 2.45. The van der Waals surface area contributed by atoms with Gasteiger partial charge in [-0.15, -0.1) is 0 Å². The molecular formula is C29H48O4. The van der Waals surface area contributed by atoms with E-state index < -0.39 is 6.10 Å². The summed E-state index contributed by atoms with van der Waals surface area (Å²) in [7, 11) is 0. The van der Waals surface area contributed by atoms with Crippen LogP contribution in [-0.4, -0.2) is 30.4 Å². The molecule has 1 aliphatic carbocycles. The van der Waals surface area contributed by atoms with E-state index in [0.29, 0.717) is 13.0 Å². The second-order valence-corrected chi connectivity index (χ2v) is 9.90. The van der Waals surface area contributed by atoms with E-state index in [9.17, 15) is 9.90 Å².